The Morgan fingerprint density at radius 3 is 2.38 bits per heavy atom. The van der Waals surface area contributed by atoms with Crippen molar-refractivity contribution in [1.29, 1.82) is 5.26 Å². The number of carbonyl (C=O) groups excluding carboxylic acids is 1. The first-order valence-corrected chi connectivity index (χ1v) is 7.79. The number of methoxy groups -OCH3 is 3. The average molecular weight is 356 g/mol. The van der Waals surface area contributed by atoms with E-state index in [-0.39, 0.29) is 19.1 Å². The lowest BCUT2D eigenvalue weighted by atomic mass is 10.1. The zero-order valence-electron chi connectivity index (χ0n) is 14.9. The normalized spacial score (nSPS) is 9.77. The summed E-state index contributed by atoms with van der Waals surface area (Å²) in [6.45, 7) is 0.0778. The van der Waals surface area contributed by atoms with Crippen LogP contribution in [-0.2, 0) is 11.3 Å². The molecule has 2 aromatic carbocycles. The molecule has 1 N–H and O–H groups in total. The molecule has 26 heavy (non-hydrogen) atoms. The van der Waals surface area contributed by atoms with E-state index in [0.29, 0.717) is 28.6 Å². The van der Waals surface area contributed by atoms with E-state index in [2.05, 4.69) is 5.32 Å². The SMILES string of the molecule is COc1cc(OC)c(OC)cc1CNC(=O)COc1cccc(C#N)c1. The summed E-state index contributed by atoms with van der Waals surface area (Å²) in [5, 5.41) is 11.6. The van der Waals surface area contributed by atoms with Crippen LogP contribution in [-0.4, -0.2) is 33.8 Å². The summed E-state index contributed by atoms with van der Waals surface area (Å²) in [4.78, 5) is 12.0. The van der Waals surface area contributed by atoms with Gasteiger partial charge in [-0.2, -0.15) is 5.26 Å². The fourth-order valence-corrected chi connectivity index (χ4v) is 2.28. The van der Waals surface area contributed by atoms with Crippen LogP contribution in [0.3, 0.4) is 0 Å². The van der Waals surface area contributed by atoms with E-state index in [1.807, 2.05) is 6.07 Å². The third-order valence-electron chi connectivity index (χ3n) is 3.60. The van der Waals surface area contributed by atoms with E-state index in [1.54, 1.807) is 36.4 Å². The zero-order valence-corrected chi connectivity index (χ0v) is 14.9. The second-order valence-corrected chi connectivity index (χ2v) is 5.22. The Kier molecular flexibility index (Phi) is 6.68. The summed E-state index contributed by atoms with van der Waals surface area (Å²) in [7, 11) is 4.62. The number of carbonyl (C=O) groups is 1. The summed E-state index contributed by atoms with van der Waals surface area (Å²) in [5.41, 5.74) is 1.21. The molecule has 136 valence electrons. The van der Waals surface area contributed by atoms with Gasteiger partial charge in [0.1, 0.15) is 11.5 Å². The molecule has 0 aliphatic heterocycles. The smallest absolute Gasteiger partial charge is 0.258 e. The van der Waals surface area contributed by atoms with Gasteiger partial charge >= 0.3 is 0 Å². The quantitative estimate of drug-likeness (QED) is 0.780. The molecule has 7 heteroatoms. The molecule has 0 bridgehead atoms. The Balaban J connectivity index is 1.97. The molecule has 1 amide bonds. The molecule has 2 aromatic rings. The molecular formula is C19H20N2O5. The molecule has 0 atom stereocenters. The van der Waals surface area contributed by atoms with E-state index in [0.717, 1.165) is 5.56 Å². The number of hydrogen-bond acceptors (Lipinski definition) is 6. The lowest BCUT2D eigenvalue weighted by Crippen LogP contribution is -2.28. The van der Waals surface area contributed by atoms with Crippen molar-refractivity contribution in [1.82, 2.24) is 5.32 Å². The molecule has 0 aromatic heterocycles. The van der Waals surface area contributed by atoms with Gasteiger partial charge in [-0.15, -0.1) is 0 Å². The summed E-state index contributed by atoms with van der Waals surface area (Å²) in [6.07, 6.45) is 0. The molecule has 0 radical (unpaired) electrons. The molecule has 0 aliphatic carbocycles. The average Bonchev–Trinajstić information content (AvgIpc) is 2.69. The first-order valence-electron chi connectivity index (χ1n) is 7.79. The van der Waals surface area contributed by atoms with Crippen molar-refractivity contribution in [2.24, 2.45) is 0 Å². The van der Waals surface area contributed by atoms with Gasteiger partial charge in [-0.25, -0.2) is 0 Å². The number of nitrogens with zero attached hydrogens (tertiary/aromatic N) is 1. The van der Waals surface area contributed by atoms with Crippen LogP contribution < -0.4 is 24.3 Å². The monoisotopic (exact) mass is 356 g/mol. The van der Waals surface area contributed by atoms with E-state index in [9.17, 15) is 4.79 Å². The zero-order chi connectivity index (χ0) is 18.9. The number of nitrogens with one attached hydrogen (secondary N) is 1. The number of hydrogen-bond donors (Lipinski definition) is 1. The predicted molar refractivity (Wildman–Crippen MR) is 94.6 cm³/mol. The minimum atomic E-state index is -0.302. The lowest BCUT2D eigenvalue weighted by Gasteiger charge is -2.14. The fraction of sp³-hybridized carbons (Fsp3) is 0.263. The van der Waals surface area contributed by atoms with Crippen LogP contribution in [0.5, 0.6) is 23.0 Å². The molecule has 0 spiro atoms. The largest absolute Gasteiger partial charge is 0.496 e. The molecule has 0 saturated heterocycles. The summed E-state index contributed by atoms with van der Waals surface area (Å²) < 4.78 is 21.2. The van der Waals surface area contributed by atoms with E-state index >= 15 is 0 Å². The first kappa shape index (κ1) is 18.9. The van der Waals surface area contributed by atoms with Gasteiger partial charge in [0.15, 0.2) is 18.1 Å². The van der Waals surface area contributed by atoms with Crippen molar-refractivity contribution < 1.29 is 23.7 Å². The highest BCUT2D eigenvalue weighted by molar-refractivity contribution is 5.77. The van der Waals surface area contributed by atoms with Crippen molar-refractivity contribution in [2.75, 3.05) is 27.9 Å². The highest BCUT2D eigenvalue weighted by atomic mass is 16.5. The molecule has 0 heterocycles. The third-order valence-corrected chi connectivity index (χ3v) is 3.60. The topological polar surface area (TPSA) is 89.8 Å². The van der Waals surface area contributed by atoms with Gasteiger partial charge in [0.25, 0.3) is 5.91 Å². The van der Waals surface area contributed by atoms with Crippen molar-refractivity contribution in [3.05, 3.63) is 47.5 Å². The second kappa shape index (κ2) is 9.18. The van der Waals surface area contributed by atoms with Crippen molar-refractivity contribution >= 4 is 5.91 Å². The van der Waals surface area contributed by atoms with Crippen molar-refractivity contribution in [3.8, 4) is 29.1 Å². The van der Waals surface area contributed by atoms with Crippen LogP contribution >= 0.6 is 0 Å². The van der Waals surface area contributed by atoms with Crippen LogP contribution in [0.1, 0.15) is 11.1 Å². The van der Waals surface area contributed by atoms with Gasteiger partial charge in [0.05, 0.1) is 33.0 Å². The number of ether oxygens (including phenoxy) is 4. The number of rotatable bonds is 8. The molecule has 0 aliphatic rings. The number of nitriles is 1. The minimum Gasteiger partial charge on any atom is -0.496 e. The van der Waals surface area contributed by atoms with Crippen LogP contribution in [0.15, 0.2) is 36.4 Å². The Morgan fingerprint density at radius 2 is 1.73 bits per heavy atom. The van der Waals surface area contributed by atoms with Gasteiger partial charge in [-0.1, -0.05) is 6.07 Å². The molecule has 0 saturated carbocycles. The summed E-state index contributed by atoms with van der Waals surface area (Å²) >= 11 is 0. The molecular weight excluding hydrogens is 336 g/mol. The lowest BCUT2D eigenvalue weighted by molar-refractivity contribution is -0.123. The maximum atomic E-state index is 12.0. The first-order chi connectivity index (χ1) is 12.6. The number of amides is 1. The maximum Gasteiger partial charge on any atom is 0.258 e. The maximum absolute atomic E-state index is 12.0. The minimum absolute atomic E-state index is 0.162. The second-order valence-electron chi connectivity index (χ2n) is 5.22. The van der Waals surface area contributed by atoms with Gasteiger partial charge < -0.3 is 24.3 Å². The number of benzene rings is 2. The van der Waals surface area contributed by atoms with Crippen molar-refractivity contribution in [2.45, 2.75) is 6.54 Å². The highest BCUT2D eigenvalue weighted by Gasteiger charge is 2.13. The molecule has 0 fully saturated rings. The standard InChI is InChI=1S/C19H20N2O5/c1-23-16-9-18(25-3)17(24-2)8-14(16)11-21-19(22)12-26-15-6-4-5-13(7-15)10-20/h4-9H,11-12H2,1-3H3,(H,21,22). The molecule has 0 unspecified atom stereocenters. The van der Waals surface area contributed by atoms with Gasteiger partial charge in [-0.05, 0) is 24.3 Å². The Bertz CT molecular complexity index is 814. The highest BCUT2D eigenvalue weighted by Crippen LogP contribution is 2.34. The van der Waals surface area contributed by atoms with Crippen LogP contribution in [0.2, 0.25) is 0 Å². The molecule has 2 rings (SSSR count). The van der Waals surface area contributed by atoms with Gasteiger partial charge in [0.2, 0.25) is 0 Å². The van der Waals surface area contributed by atoms with E-state index in [1.165, 1.54) is 21.3 Å². The Labute approximate surface area is 152 Å². The predicted octanol–water partition coefficient (Wildman–Crippen LogP) is 2.28. The fourth-order valence-electron chi connectivity index (χ4n) is 2.28. The summed E-state index contributed by atoms with van der Waals surface area (Å²) in [5.74, 6) is 1.82. The van der Waals surface area contributed by atoms with Gasteiger partial charge in [0, 0.05) is 18.2 Å². The van der Waals surface area contributed by atoms with E-state index in [4.69, 9.17) is 24.2 Å². The Morgan fingerprint density at radius 1 is 1.04 bits per heavy atom. The van der Waals surface area contributed by atoms with Crippen LogP contribution in [0.25, 0.3) is 0 Å². The van der Waals surface area contributed by atoms with Crippen LogP contribution in [0.4, 0.5) is 0 Å². The van der Waals surface area contributed by atoms with Gasteiger partial charge in [-0.3, -0.25) is 4.79 Å². The van der Waals surface area contributed by atoms with Crippen LogP contribution in [0, 0.1) is 11.3 Å². The van der Waals surface area contributed by atoms with E-state index < -0.39 is 0 Å². The van der Waals surface area contributed by atoms with Crippen molar-refractivity contribution in [3.63, 3.8) is 0 Å². The third kappa shape index (κ3) is 4.80. The Hall–Kier alpha value is -3.40. The summed E-state index contributed by atoms with van der Waals surface area (Å²) in [6, 6.07) is 12.1. The molecule has 7 nitrogen and oxygen atoms in total.